The number of hydrogen-bond donors (Lipinski definition) is 1. The lowest BCUT2D eigenvalue weighted by Crippen LogP contribution is -2.17. The molecule has 0 aromatic heterocycles. The topological polar surface area (TPSA) is 38.7 Å². The van der Waals surface area contributed by atoms with Gasteiger partial charge in [0.25, 0.3) is 0 Å². The summed E-state index contributed by atoms with van der Waals surface area (Å²) in [6.45, 7) is 8.43. The molecule has 1 heterocycles. The average Bonchev–Trinajstić information content (AvgIpc) is 2.64. The molecule has 1 aromatic rings. The van der Waals surface area contributed by atoms with Gasteiger partial charge >= 0.3 is 0 Å². The van der Waals surface area contributed by atoms with Crippen molar-refractivity contribution in [1.82, 2.24) is 0 Å². The molecule has 0 radical (unpaired) electrons. The van der Waals surface area contributed by atoms with Crippen molar-refractivity contribution in [2.24, 2.45) is 0 Å². The Morgan fingerprint density at radius 3 is 2.50 bits per heavy atom. The third-order valence-electron chi connectivity index (χ3n) is 3.48. The number of aliphatic hydroxyl groups excluding tert-OH is 1. The van der Waals surface area contributed by atoms with Crippen LogP contribution in [0.5, 0.6) is 11.5 Å². The summed E-state index contributed by atoms with van der Waals surface area (Å²) in [5, 5.41) is 10.3. The molecule has 2 unspecified atom stereocenters. The third-order valence-corrected chi connectivity index (χ3v) is 3.48. The van der Waals surface area contributed by atoms with E-state index in [1.807, 2.05) is 19.1 Å². The molecule has 1 aliphatic heterocycles. The number of methoxy groups -OCH3 is 1. The van der Waals surface area contributed by atoms with Crippen molar-refractivity contribution in [3.63, 3.8) is 0 Å². The summed E-state index contributed by atoms with van der Waals surface area (Å²) in [4.78, 5) is 0. The fourth-order valence-corrected chi connectivity index (χ4v) is 2.37. The van der Waals surface area contributed by atoms with E-state index in [9.17, 15) is 5.11 Å². The van der Waals surface area contributed by atoms with Gasteiger partial charge in [0.1, 0.15) is 23.7 Å². The first-order valence-electron chi connectivity index (χ1n) is 6.45. The number of fused-ring (bicyclic) bond motifs is 1. The zero-order chi connectivity index (χ0) is 13.5. The predicted octanol–water partition coefficient (Wildman–Crippen LogP) is 3.20. The van der Waals surface area contributed by atoms with E-state index in [0.717, 1.165) is 29.0 Å². The third kappa shape index (κ3) is 2.07. The first-order valence-corrected chi connectivity index (χ1v) is 6.45. The molecule has 3 nitrogen and oxygen atoms in total. The van der Waals surface area contributed by atoms with Crippen molar-refractivity contribution in [3.05, 3.63) is 23.3 Å². The van der Waals surface area contributed by atoms with Crippen LogP contribution in [0.4, 0.5) is 0 Å². The van der Waals surface area contributed by atoms with Crippen molar-refractivity contribution < 1.29 is 14.6 Å². The summed E-state index contributed by atoms with van der Waals surface area (Å²) in [5.41, 5.74) is 1.90. The van der Waals surface area contributed by atoms with E-state index in [1.54, 1.807) is 7.11 Å². The maximum absolute atomic E-state index is 10.3. The van der Waals surface area contributed by atoms with Gasteiger partial charge in [-0.1, -0.05) is 27.7 Å². The quantitative estimate of drug-likeness (QED) is 0.876. The summed E-state index contributed by atoms with van der Waals surface area (Å²) in [6, 6.07) is 3.88. The molecule has 0 saturated carbocycles. The van der Waals surface area contributed by atoms with Gasteiger partial charge in [0.2, 0.25) is 0 Å². The highest BCUT2D eigenvalue weighted by Gasteiger charge is 2.36. The lowest BCUT2D eigenvalue weighted by atomic mass is 9.84. The number of rotatable bonds is 2. The van der Waals surface area contributed by atoms with Gasteiger partial charge in [0.05, 0.1) is 7.11 Å². The van der Waals surface area contributed by atoms with E-state index in [-0.39, 0.29) is 11.5 Å². The van der Waals surface area contributed by atoms with Crippen LogP contribution in [0.15, 0.2) is 12.1 Å². The molecule has 0 spiro atoms. The smallest absolute Gasteiger partial charge is 0.129 e. The van der Waals surface area contributed by atoms with Gasteiger partial charge in [0, 0.05) is 11.1 Å². The van der Waals surface area contributed by atoms with Crippen molar-refractivity contribution >= 4 is 0 Å². The van der Waals surface area contributed by atoms with Crippen LogP contribution in [-0.2, 0) is 5.41 Å². The van der Waals surface area contributed by atoms with Crippen LogP contribution in [0.1, 0.15) is 51.3 Å². The molecule has 1 aliphatic rings. The fraction of sp³-hybridized carbons (Fsp3) is 0.600. The Hall–Kier alpha value is -1.22. The van der Waals surface area contributed by atoms with Crippen LogP contribution in [-0.4, -0.2) is 18.3 Å². The highest BCUT2D eigenvalue weighted by Crippen LogP contribution is 2.46. The van der Waals surface area contributed by atoms with E-state index in [0.29, 0.717) is 0 Å². The summed E-state index contributed by atoms with van der Waals surface area (Å²) in [6.07, 6.45) is 0.0938. The first kappa shape index (κ1) is 13.2. The Labute approximate surface area is 109 Å². The molecule has 1 N–H and O–H groups in total. The summed E-state index contributed by atoms with van der Waals surface area (Å²) in [7, 11) is 1.65. The minimum absolute atomic E-state index is 0.0407. The molecule has 0 fully saturated rings. The molecule has 0 saturated heterocycles. The van der Waals surface area contributed by atoms with E-state index >= 15 is 0 Å². The van der Waals surface area contributed by atoms with E-state index < -0.39 is 6.10 Å². The van der Waals surface area contributed by atoms with Gasteiger partial charge in [-0.2, -0.15) is 0 Å². The SMILES string of the molecule is CCC1Oc2c(cc(OC)cc2C(C)(C)C)C1O. The molecule has 1 aromatic carbocycles. The fourth-order valence-electron chi connectivity index (χ4n) is 2.37. The van der Waals surface area contributed by atoms with Gasteiger partial charge in [-0.15, -0.1) is 0 Å². The zero-order valence-electron chi connectivity index (χ0n) is 11.8. The summed E-state index contributed by atoms with van der Waals surface area (Å²) < 4.78 is 11.2. The first-order chi connectivity index (χ1) is 8.38. The monoisotopic (exact) mass is 250 g/mol. The maximum atomic E-state index is 10.3. The second kappa shape index (κ2) is 4.47. The van der Waals surface area contributed by atoms with Gasteiger partial charge in [0.15, 0.2) is 0 Å². The molecule has 0 bridgehead atoms. The van der Waals surface area contributed by atoms with Crippen LogP contribution < -0.4 is 9.47 Å². The summed E-state index contributed by atoms with van der Waals surface area (Å²) in [5.74, 6) is 1.61. The van der Waals surface area contributed by atoms with Gasteiger partial charge in [-0.25, -0.2) is 0 Å². The largest absolute Gasteiger partial charge is 0.497 e. The second-order valence-electron chi connectivity index (χ2n) is 5.85. The van der Waals surface area contributed by atoms with Crippen LogP contribution in [0.3, 0.4) is 0 Å². The van der Waals surface area contributed by atoms with Crippen molar-refractivity contribution in [2.75, 3.05) is 7.11 Å². The number of aliphatic hydroxyl groups is 1. The van der Waals surface area contributed by atoms with E-state index in [4.69, 9.17) is 9.47 Å². The predicted molar refractivity (Wildman–Crippen MR) is 71.4 cm³/mol. The number of hydrogen-bond acceptors (Lipinski definition) is 3. The van der Waals surface area contributed by atoms with Crippen molar-refractivity contribution in [2.45, 2.75) is 51.7 Å². The molecule has 100 valence electrons. The Morgan fingerprint density at radius 2 is 2.00 bits per heavy atom. The normalized spacial score (nSPS) is 22.6. The Balaban J connectivity index is 2.57. The van der Waals surface area contributed by atoms with Crippen LogP contribution >= 0.6 is 0 Å². The lowest BCUT2D eigenvalue weighted by Gasteiger charge is -2.23. The molecule has 2 rings (SSSR count). The van der Waals surface area contributed by atoms with Crippen LogP contribution in [0.25, 0.3) is 0 Å². The maximum Gasteiger partial charge on any atom is 0.129 e. The molecule has 0 amide bonds. The van der Waals surface area contributed by atoms with E-state index in [2.05, 4.69) is 20.8 Å². The molecular weight excluding hydrogens is 228 g/mol. The van der Waals surface area contributed by atoms with Gasteiger partial charge in [-0.3, -0.25) is 0 Å². The summed E-state index contributed by atoms with van der Waals surface area (Å²) >= 11 is 0. The van der Waals surface area contributed by atoms with Crippen molar-refractivity contribution in [1.29, 1.82) is 0 Å². The minimum Gasteiger partial charge on any atom is -0.497 e. The highest BCUT2D eigenvalue weighted by atomic mass is 16.5. The number of benzene rings is 1. The molecule has 3 heteroatoms. The molecule has 0 aliphatic carbocycles. The Bertz CT molecular complexity index is 446. The molecular formula is C15H22O3. The molecule has 18 heavy (non-hydrogen) atoms. The van der Waals surface area contributed by atoms with E-state index in [1.165, 1.54) is 0 Å². The van der Waals surface area contributed by atoms with Gasteiger partial charge < -0.3 is 14.6 Å². The van der Waals surface area contributed by atoms with Crippen LogP contribution in [0, 0.1) is 0 Å². The van der Waals surface area contributed by atoms with Crippen molar-refractivity contribution in [3.8, 4) is 11.5 Å². The average molecular weight is 250 g/mol. The Morgan fingerprint density at radius 1 is 1.33 bits per heavy atom. The standard InChI is InChI=1S/C15H22O3/c1-6-12-13(16)10-7-9(17-5)8-11(14(10)18-12)15(2,3)4/h7-8,12-13,16H,6H2,1-5H3. The van der Waals surface area contributed by atoms with Gasteiger partial charge in [-0.05, 0) is 24.0 Å². The highest BCUT2D eigenvalue weighted by molar-refractivity contribution is 5.53. The minimum atomic E-state index is -0.554. The lowest BCUT2D eigenvalue weighted by molar-refractivity contribution is 0.0647. The molecule has 2 atom stereocenters. The number of ether oxygens (including phenoxy) is 2. The Kier molecular flexibility index (Phi) is 3.28. The second-order valence-corrected chi connectivity index (χ2v) is 5.85. The zero-order valence-corrected chi connectivity index (χ0v) is 11.8. The van der Waals surface area contributed by atoms with Crippen LogP contribution in [0.2, 0.25) is 0 Å².